The van der Waals surface area contributed by atoms with Crippen LogP contribution in [0.15, 0.2) is 29.3 Å². The van der Waals surface area contributed by atoms with Gasteiger partial charge in [-0.3, -0.25) is 4.99 Å². The molecule has 1 fully saturated rings. The van der Waals surface area contributed by atoms with Gasteiger partial charge in [0.1, 0.15) is 5.75 Å². The van der Waals surface area contributed by atoms with Gasteiger partial charge in [0.25, 0.3) is 0 Å². The van der Waals surface area contributed by atoms with Crippen LogP contribution < -0.4 is 10.1 Å². The fourth-order valence-electron chi connectivity index (χ4n) is 3.53. The predicted octanol–water partition coefficient (Wildman–Crippen LogP) is 3.00. The largest absolute Gasteiger partial charge is 0.493 e. The number of nitrogens with zero attached hydrogens (tertiary/aromatic N) is 3. The van der Waals surface area contributed by atoms with Crippen LogP contribution in [0.25, 0.3) is 0 Å². The second-order valence-corrected chi connectivity index (χ2v) is 7.03. The molecule has 0 amide bonds. The Morgan fingerprint density at radius 3 is 2.77 bits per heavy atom. The van der Waals surface area contributed by atoms with Crippen LogP contribution in [0, 0.1) is 12.8 Å². The molecule has 0 radical (unpaired) electrons. The summed E-state index contributed by atoms with van der Waals surface area (Å²) in [6.45, 7) is 13.9. The molecule has 146 valence electrons. The minimum atomic E-state index is 0.722. The number of guanidine groups is 1. The normalized spacial score (nSPS) is 17.8. The third kappa shape index (κ3) is 6.20. The van der Waals surface area contributed by atoms with E-state index in [0.29, 0.717) is 0 Å². The van der Waals surface area contributed by atoms with Crippen molar-refractivity contribution in [3.8, 4) is 5.75 Å². The molecular weight excluding hydrogens is 324 g/mol. The van der Waals surface area contributed by atoms with Crippen molar-refractivity contribution >= 4 is 5.96 Å². The van der Waals surface area contributed by atoms with Crippen LogP contribution in [-0.2, 0) is 0 Å². The quantitative estimate of drug-likeness (QED) is 0.417. The third-order valence-electron chi connectivity index (χ3n) is 5.16. The molecule has 1 aromatic carbocycles. The zero-order valence-electron chi connectivity index (χ0n) is 17.0. The summed E-state index contributed by atoms with van der Waals surface area (Å²) in [6.07, 6.45) is 2.22. The topological polar surface area (TPSA) is 40.1 Å². The number of para-hydroxylation sites is 1. The Hall–Kier alpha value is -1.75. The molecule has 2 rings (SSSR count). The monoisotopic (exact) mass is 360 g/mol. The van der Waals surface area contributed by atoms with Crippen molar-refractivity contribution in [3.05, 3.63) is 29.8 Å². The molecule has 1 aromatic rings. The standard InChI is InChI=1S/C21H36N4O/c1-5-24(6-2)16-19-12-14-25(17-19)21(22-4)23-13-9-15-26-20-11-8-7-10-18(20)3/h7-8,10-11,19H,5-6,9,12-17H2,1-4H3,(H,22,23). The van der Waals surface area contributed by atoms with Gasteiger partial charge in [0, 0.05) is 33.2 Å². The van der Waals surface area contributed by atoms with Crippen molar-refractivity contribution in [2.75, 3.05) is 52.9 Å². The van der Waals surface area contributed by atoms with Crippen molar-refractivity contribution < 1.29 is 4.74 Å². The van der Waals surface area contributed by atoms with E-state index >= 15 is 0 Å². The maximum atomic E-state index is 5.86. The van der Waals surface area contributed by atoms with Crippen LogP contribution in [0.4, 0.5) is 0 Å². The summed E-state index contributed by atoms with van der Waals surface area (Å²) < 4.78 is 5.86. The summed E-state index contributed by atoms with van der Waals surface area (Å²) in [5.74, 6) is 2.76. The van der Waals surface area contributed by atoms with Crippen LogP contribution in [0.3, 0.4) is 0 Å². The molecule has 26 heavy (non-hydrogen) atoms. The van der Waals surface area contributed by atoms with Gasteiger partial charge in [-0.1, -0.05) is 32.0 Å². The Labute approximate surface area is 159 Å². The first-order valence-corrected chi connectivity index (χ1v) is 10.0. The zero-order valence-corrected chi connectivity index (χ0v) is 17.0. The first kappa shape index (κ1) is 20.6. The lowest BCUT2D eigenvalue weighted by atomic mass is 10.1. The molecule has 1 heterocycles. The SMILES string of the molecule is CCN(CC)CC1CCN(C(=NC)NCCCOc2ccccc2C)C1. The first-order chi connectivity index (χ1) is 12.7. The molecule has 1 saturated heterocycles. The number of nitrogens with one attached hydrogen (secondary N) is 1. The van der Waals surface area contributed by atoms with E-state index < -0.39 is 0 Å². The molecule has 0 bridgehead atoms. The summed E-state index contributed by atoms with van der Waals surface area (Å²) in [7, 11) is 1.88. The molecule has 0 aromatic heterocycles. The highest BCUT2D eigenvalue weighted by Gasteiger charge is 2.25. The number of hydrogen-bond donors (Lipinski definition) is 1. The molecule has 0 spiro atoms. The van der Waals surface area contributed by atoms with Crippen LogP contribution in [-0.4, -0.2) is 68.7 Å². The summed E-state index contributed by atoms with van der Waals surface area (Å²) in [4.78, 5) is 9.39. The van der Waals surface area contributed by atoms with Crippen molar-refractivity contribution in [1.29, 1.82) is 0 Å². The van der Waals surface area contributed by atoms with Gasteiger partial charge in [-0.15, -0.1) is 0 Å². The van der Waals surface area contributed by atoms with Crippen molar-refractivity contribution in [2.45, 2.75) is 33.6 Å². The van der Waals surface area contributed by atoms with Crippen LogP contribution in [0.1, 0.15) is 32.3 Å². The smallest absolute Gasteiger partial charge is 0.193 e. The van der Waals surface area contributed by atoms with E-state index in [2.05, 4.69) is 46.9 Å². The van der Waals surface area contributed by atoms with Gasteiger partial charge in [-0.05, 0) is 50.4 Å². The Balaban J connectivity index is 1.67. The molecule has 1 aliphatic rings. The van der Waals surface area contributed by atoms with Crippen LogP contribution in [0.5, 0.6) is 5.75 Å². The number of aryl methyl sites for hydroxylation is 1. The van der Waals surface area contributed by atoms with Crippen LogP contribution >= 0.6 is 0 Å². The lowest BCUT2D eigenvalue weighted by Crippen LogP contribution is -2.41. The van der Waals surface area contributed by atoms with Gasteiger partial charge in [0.05, 0.1) is 6.61 Å². The summed E-state index contributed by atoms with van der Waals surface area (Å²) >= 11 is 0. The summed E-state index contributed by atoms with van der Waals surface area (Å²) in [5, 5.41) is 3.50. The summed E-state index contributed by atoms with van der Waals surface area (Å²) in [5.41, 5.74) is 1.19. The number of hydrogen-bond acceptors (Lipinski definition) is 3. The fraction of sp³-hybridized carbons (Fsp3) is 0.667. The number of likely N-dealkylation sites (tertiary alicyclic amines) is 1. The van der Waals surface area contributed by atoms with E-state index in [0.717, 1.165) is 63.4 Å². The van der Waals surface area contributed by atoms with E-state index in [1.165, 1.54) is 18.5 Å². The molecule has 1 unspecified atom stereocenters. The maximum absolute atomic E-state index is 5.86. The van der Waals surface area contributed by atoms with Gasteiger partial charge in [0.15, 0.2) is 5.96 Å². The van der Waals surface area contributed by atoms with E-state index in [4.69, 9.17) is 4.74 Å². The van der Waals surface area contributed by atoms with E-state index in [1.54, 1.807) is 0 Å². The number of benzene rings is 1. The molecular formula is C21H36N4O. The first-order valence-electron chi connectivity index (χ1n) is 10.0. The lowest BCUT2D eigenvalue weighted by Gasteiger charge is -2.24. The average Bonchev–Trinajstić information content (AvgIpc) is 3.12. The van der Waals surface area contributed by atoms with E-state index in [9.17, 15) is 0 Å². The Morgan fingerprint density at radius 2 is 2.08 bits per heavy atom. The molecule has 0 aliphatic carbocycles. The minimum Gasteiger partial charge on any atom is -0.493 e. The lowest BCUT2D eigenvalue weighted by molar-refractivity contribution is 0.255. The minimum absolute atomic E-state index is 0.722. The Bertz CT molecular complexity index is 557. The van der Waals surface area contributed by atoms with Gasteiger partial charge in [-0.25, -0.2) is 0 Å². The van der Waals surface area contributed by atoms with E-state index in [-0.39, 0.29) is 0 Å². The highest BCUT2D eigenvalue weighted by atomic mass is 16.5. The average molecular weight is 361 g/mol. The second kappa shape index (κ2) is 11.1. The molecule has 5 heteroatoms. The van der Waals surface area contributed by atoms with Gasteiger partial charge >= 0.3 is 0 Å². The highest BCUT2D eigenvalue weighted by Crippen LogP contribution is 2.18. The molecule has 0 saturated carbocycles. The van der Waals surface area contributed by atoms with E-state index in [1.807, 2.05) is 25.2 Å². The molecule has 5 nitrogen and oxygen atoms in total. The van der Waals surface area contributed by atoms with Crippen molar-refractivity contribution in [1.82, 2.24) is 15.1 Å². The fourth-order valence-corrected chi connectivity index (χ4v) is 3.53. The maximum Gasteiger partial charge on any atom is 0.193 e. The van der Waals surface area contributed by atoms with Gasteiger partial charge in [-0.2, -0.15) is 0 Å². The Morgan fingerprint density at radius 1 is 1.31 bits per heavy atom. The molecule has 1 atom stereocenters. The predicted molar refractivity (Wildman–Crippen MR) is 110 cm³/mol. The zero-order chi connectivity index (χ0) is 18.8. The Kier molecular flexibility index (Phi) is 8.75. The third-order valence-corrected chi connectivity index (χ3v) is 5.16. The number of rotatable bonds is 9. The van der Waals surface area contributed by atoms with Crippen molar-refractivity contribution in [3.63, 3.8) is 0 Å². The second-order valence-electron chi connectivity index (χ2n) is 7.03. The van der Waals surface area contributed by atoms with Crippen molar-refractivity contribution in [2.24, 2.45) is 10.9 Å². The number of ether oxygens (including phenoxy) is 1. The number of aliphatic imine (C=N–C) groups is 1. The van der Waals surface area contributed by atoms with Crippen LogP contribution in [0.2, 0.25) is 0 Å². The summed E-state index contributed by atoms with van der Waals surface area (Å²) in [6, 6.07) is 8.17. The van der Waals surface area contributed by atoms with Gasteiger partial charge in [0.2, 0.25) is 0 Å². The highest BCUT2D eigenvalue weighted by molar-refractivity contribution is 5.80. The van der Waals surface area contributed by atoms with Gasteiger partial charge < -0.3 is 19.9 Å². The molecule has 1 aliphatic heterocycles. The molecule has 1 N–H and O–H groups in total.